The normalized spacial score (nSPS) is 19.4. The molecule has 1 aromatic carbocycles. The van der Waals surface area contributed by atoms with Gasteiger partial charge in [0.2, 0.25) is 0 Å². The molecule has 9 heteroatoms. The van der Waals surface area contributed by atoms with E-state index in [1.807, 2.05) is 0 Å². The largest absolute Gasteiger partial charge is 0.493 e. The highest BCUT2D eigenvalue weighted by atomic mass is 32.2. The molecule has 1 aliphatic heterocycles. The number of nitro groups is 1. The fourth-order valence-electron chi connectivity index (χ4n) is 3.58. The third-order valence-corrected chi connectivity index (χ3v) is 5.96. The van der Waals surface area contributed by atoms with Gasteiger partial charge in [-0.3, -0.25) is 24.6 Å². The van der Waals surface area contributed by atoms with Crippen LogP contribution in [0.5, 0.6) is 11.5 Å². The van der Waals surface area contributed by atoms with E-state index in [0.29, 0.717) is 18.2 Å². The second kappa shape index (κ2) is 8.64. The van der Waals surface area contributed by atoms with E-state index < -0.39 is 10.8 Å². The highest BCUT2D eigenvalue weighted by Gasteiger charge is 2.37. The number of ether oxygens (including phenoxy) is 2. The van der Waals surface area contributed by atoms with E-state index in [1.165, 1.54) is 43.7 Å². The number of rotatable bonds is 6. The predicted octanol–water partition coefficient (Wildman–Crippen LogP) is 4.23. The molecule has 0 radical (unpaired) electrons. The Labute approximate surface area is 167 Å². The predicted molar refractivity (Wildman–Crippen MR) is 105 cm³/mol. The highest BCUT2D eigenvalue weighted by Crippen LogP contribution is 2.39. The lowest BCUT2D eigenvalue weighted by Crippen LogP contribution is -2.34. The summed E-state index contributed by atoms with van der Waals surface area (Å²) in [4.78, 5) is 37.4. The number of hydrogen-bond donors (Lipinski definition) is 0. The first-order valence-corrected chi connectivity index (χ1v) is 9.92. The Morgan fingerprint density at radius 1 is 1.18 bits per heavy atom. The molecule has 2 amide bonds. The number of hydrogen-bond acceptors (Lipinski definition) is 7. The molecule has 2 aliphatic rings. The molecule has 0 spiro atoms. The quantitative estimate of drug-likeness (QED) is 0.396. The van der Waals surface area contributed by atoms with Crippen molar-refractivity contribution in [3.8, 4) is 11.5 Å². The zero-order valence-electron chi connectivity index (χ0n) is 15.8. The number of amides is 2. The van der Waals surface area contributed by atoms with Gasteiger partial charge in [-0.15, -0.1) is 0 Å². The summed E-state index contributed by atoms with van der Waals surface area (Å²) >= 11 is 0.813. The zero-order chi connectivity index (χ0) is 20.3. The SMILES string of the molecule is COc1cc(/C=C2/SC(=O)N(CC3CCCCC3)C2=O)c([N+](=O)[O-])cc1OC. The van der Waals surface area contributed by atoms with Gasteiger partial charge in [-0.05, 0) is 42.7 Å². The molecule has 150 valence electrons. The summed E-state index contributed by atoms with van der Waals surface area (Å²) in [7, 11) is 2.81. The molecule has 1 aliphatic carbocycles. The van der Waals surface area contributed by atoms with E-state index in [-0.39, 0.29) is 27.1 Å². The molecule has 1 heterocycles. The Bertz CT molecular complexity index is 832. The van der Waals surface area contributed by atoms with Crippen LogP contribution in [0.2, 0.25) is 0 Å². The molecule has 0 bridgehead atoms. The number of benzene rings is 1. The van der Waals surface area contributed by atoms with E-state index >= 15 is 0 Å². The van der Waals surface area contributed by atoms with Crippen molar-refractivity contribution < 1.29 is 24.0 Å². The van der Waals surface area contributed by atoms with Crippen molar-refractivity contribution >= 4 is 34.7 Å². The Hall–Kier alpha value is -2.55. The zero-order valence-corrected chi connectivity index (χ0v) is 16.6. The molecule has 2 fully saturated rings. The Morgan fingerprint density at radius 2 is 1.82 bits per heavy atom. The Morgan fingerprint density at radius 3 is 2.43 bits per heavy atom. The van der Waals surface area contributed by atoms with Crippen LogP contribution in [0.4, 0.5) is 10.5 Å². The molecule has 3 rings (SSSR count). The third kappa shape index (κ3) is 4.14. The van der Waals surface area contributed by atoms with Crippen LogP contribution in [-0.4, -0.2) is 41.7 Å². The summed E-state index contributed by atoms with van der Waals surface area (Å²) in [5.74, 6) is 0.458. The molecular formula is C19H22N2O6S. The van der Waals surface area contributed by atoms with E-state index in [2.05, 4.69) is 0 Å². The van der Waals surface area contributed by atoms with E-state index in [0.717, 1.165) is 37.4 Å². The smallest absolute Gasteiger partial charge is 0.293 e. The van der Waals surface area contributed by atoms with Crippen LogP contribution in [0.3, 0.4) is 0 Å². The van der Waals surface area contributed by atoms with Gasteiger partial charge in [-0.2, -0.15) is 0 Å². The Kier molecular flexibility index (Phi) is 6.23. The minimum absolute atomic E-state index is 0.177. The summed E-state index contributed by atoms with van der Waals surface area (Å²) in [6.45, 7) is 0.413. The first kappa shape index (κ1) is 20.2. The van der Waals surface area contributed by atoms with E-state index in [9.17, 15) is 19.7 Å². The average molecular weight is 406 g/mol. The van der Waals surface area contributed by atoms with Crippen LogP contribution in [0.1, 0.15) is 37.7 Å². The highest BCUT2D eigenvalue weighted by molar-refractivity contribution is 8.18. The van der Waals surface area contributed by atoms with Crippen LogP contribution < -0.4 is 9.47 Å². The molecular weight excluding hydrogens is 384 g/mol. The molecule has 1 saturated heterocycles. The first-order valence-electron chi connectivity index (χ1n) is 9.10. The second-order valence-corrected chi connectivity index (χ2v) is 7.81. The van der Waals surface area contributed by atoms with Crippen LogP contribution >= 0.6 is 11.8 Å². The van der Waals surface area contributed by atoms with Gasteiger partial charge in [0, 0.05) is 6.54 Å². The van der Waals surface area contributed by atoms with Crippen molar-refractivity contribution in [2.24, 2.45) is 5.92 Å². The summed E-state index contributed by atoms with van der Waals surface area (Å²) in [6, 6.07) is 2.68. The van der Waals surface area contributed by atoms with Gasteiger partial charge in [0.25, 0.3) is 16.8 Å². The van der Waals surface area contributed by atoms with Gasteiger partial charge >= 0.3 is 0 Å². The van der Waals surface area contributed by atoms with Gasteiger partial charge in [0.1, 0.15) is 0 Å². The third-order valence-electron chi connectivity index (χ3n) is 5.06. The molecule has 8 nitrogen and oxygen atoms in total. The van der Waals surface area contributed by atoms with Crippen molar-refractivity contribution in [3.63, 3.8) is 0 Å². The van der Waals surface area contributed by atoms with E-state index in [4.69, 9.17) is 9.47 Å². The lowest BCUT2D eigenvalue weighted by molar-refractivity contribution is -0.385. The molecule has 0 aromatic heterocycles. The maximum absolute atomic E-state index is 12.7. The lowest BCUT2D eigenvalue weighted by Gasteiger charge is -2.25. The number of methoxy groups -OCH3 is 2. The maximum atomic E-state index is 12.7. The van der Waals surface area contributed by atoms with Gasteiger partial charge < -0.3 is 9.47 Å². The van der Waals surface area contributed by atoms with Crippen molar-refractivity contribution in [1.82, 2.24) is 4.90 Å². The lowest BCUT2D eigenvalue weighted by atomic mass is 9.89. The number of nitro benzene ring substituents is 1. The standard InChI is InChI=1S/C19H22N2O6S/c1-26-15-8-13(14(21(24)25)10-16(15)27-2)9-17-18(22)20(19(23)28-17)11-12-6-4-3-5-7-12/h8-10,12H,3-7,11H2,1-2H3/b17-9+. The number of thioether (sulfide) groups is 1. The van der Waals surface area contributed by atoms with Gasteiger partial charge in [-0.1, -0.05) is 19.3 Å². The average Bonchev–Trinajstić information content (AvgIpc) is 2.95. The molecule has 0 atom stereocenters. The topological polar surface area (TPSA) is 99.0 Å². The van der Waals surface area contributed by atoms with Gasteiger partial charge in [0.15, 0.2) is 11.5 Å². The maximum Gasteiger partial charge on any atom is 0.293 e. The van der Waals surface area contributed by atoms with Crippen LogP contribution in [0.15, 0.2) is 17.0 Å². The number of carbonyl (C=O) groups is 2. The van der Waals surface area contributed by atoms with Crippen LogP contribution in [-0.2, 0) is 4.79 Å². The fourth-order valence-corrected chi connectivity index (χ4v) is 4.42. The number of imide groups is 1. The van der Waals surface area contributed by atoms with Crippen LogP contribution in [0.25, 0.3) is 6.08 Å². The molecule has 0 N–H and O–H groups in total. The summed E-state index contributed by atoms with van der Waals surface area (Å²) in [5.41, 5.74) is -0.0393. The minimum atomic E-state index is -0.555. The van der Waals surface area contributed by atoms with E-state index in [1.54, 1.807) is 0 Å². The van der Waals surface area contributed by atoms with Crippen molar-refractivity contribution in [3.05, 3.63) is 32.7 Å². The Balaban J connectivity index is 1.89. The summed E-state index contributed by atoms with van der Waals surface area (Å²) in [5, 5.41) is 11.1. The van der Waals surface area contributed by atoms with Crippen molar-refractivity contribution in [2.45, 2.75) is 32.1 Å². The number of carbonyl (C=O) groups excluding carboxylic acids is 2. The van der Waals surface area contributed by atoms with Crippen molar-refractivity contribution in [2.75, 3.05) is 20.8 Å². The number of nitrogens with zero attached hydrogens (tertiary/aromatic N) is 2. The summed E-state index contributed by atoms with van der Waals surface area (Å²) in [6.07, 6.45) is 6.85. The molecule has 1 saturated carbocycles. The monoisotopic (exact) mass is 406 g/mol. The van der Waals surface area contributed by atoms with Crippen molar-refractivity contribution in [1.29, 1.82) is 0 Å². The van der Waals surface area contributed by atoms with Crippen LogP contribution in [0, 0.1) is 16.0 Å². The molecule has 28 heavy (non-hydrogen) atoms. The molecule has 0 unspecified atom stereocenters. The minimum Gasteiger partial charge on any atom is -0.493 e. The van der Waals surface area contributed by atoms with Gasteiger partial charge in [-0.25, -0.2) is 0 Å². The summed E-state index contributed by atoms with van der Waals surface area (Å²) < 4.78 is 10.3. The second-order valence-electron chi connectivity index (χ2n) is 6.82. The van der Waals surface area contributed by atoms with Gasteiger partial charge in [0.05, 0.1) is 35.7 Å². The fraction of sp³-hybridized carbons (Fsp3) is 0.474. The first-order chi connectivity index (χ1) is 13.4. The molecule has 1 aromatic rings.